The third kappa shape index (κ3) is 4.49. The van der Waals surface area contributed by atoms with E-state index in [-0.39, 0.29) is 24.0 Å². The molecule has 0 bridgehead atoms. The number of hydrogen-bond donors (Lipinski definition) is 3. The van der Waals surface area contributed by atoms with Crippen LogP contribution in [0.5, 0.6) is 0 Å². The Labute approximate surface area is 132 Å². The Morgan fingerprint density at radius 2 is 2.23 bits per heavy atom. The lowest BCUT2D eigenvalue weighted by Gasteiger charge is -2.19. The van der Waals surface area contributed by atoms with Crippen LogP contribution in [0, 0.1) is 5.82 Å². The van der Waals surface area contributed by atoms with Crippen LogP contribution < -0.4 is 15.5 Å². The second kappa shape index (κ2) is 7.31. The number of halogens is 2. The molecule has 1 aromatic rings. The highest BCUT2D eigenvalue weighted by molar-refractivity contribution is 6.30. The van der Waals surface area contributed by atoms with Crippen molar-refractivity contribution in [3.8, 4) is 0 Å². The maximum atomic E-state index is 13.5. The molecule has 0 saturated carbocycles. The summed E-state index contributed by atoms with van der Waals surface area (Å²) in [7, 11) is 0. The van der Waals surface area contributed by atoms with Crippen LogP contribution in [-0.4, -0.2) is 42.8 Å². The van der Waals surface area contributed by atoms with Crippen molar-refractivity contribution in [2.75, 3.05) is 24.5 Å². The fourth-order valence-electron chi connectivity index (χ4n) is 2.31. The van der Waals surface area contributed by atoms with Crippen molar-refractivity contribution in [3.05, 3.63) is 29.0 Å². The van der Waals surface area contributed by atoms with Crippen molar-refractivity contribution in [1.29, 1.82) is 0 Å². The minimum atomic E-state index is -0.961. The largest absolute Gasteiger partial charge is 0.481 e. The molecule has 1 aliphatic rings. The average Bonchev–Trinajstić information content (AvgIpc) is 2.90. The lowest BCUT2D eigenvalue weighted by Crippen LogP contribution is -2.43. The Morgan fingerprint density at radius 1 is 1.45 bits per heavy atom. The first-order valence-electron chi connectivity index (χ1n) is 6.92. The van der Waals surface area contributed by atoms with Gasteiger partial charge in [0.15, 0.2) is 0 Å². The lowest BCUT2D eigenvalue weighted by molar-refractivity contribution is -0.136. The number of nitrogens with zero attached hydrogens (tertiary/aromatic N) is 1. The van der Waals surface area contributed by atoms with Crippen LogP contribution in [-0.2, 0) is 4.79 Å². The van der Waals surface area contributed by atoms with Crippen LogP contribution in [0.25, 0.3) is 0 Å². The van der Waals surface area contributed by atoms with Crippen LogP contribution in [0.4, 0.5) is 14.9 Å². The molecule has 1 atom stereocenters. The summed E-state index contributed by atoms with van der Waals surface area (Å²) in [6, 6.07) is 4.16. The SMILES string of the molecule is O=C(O)CCNC(=O)NC1CCN(c2ccc(Cl)c(F)c2)C1. The molecule has 1 saturated heterocycles. The number of nitrogens with one attached hydrogen (secondary N) is 2. The normalized spacial score (nSPS) is 17.4. The zero-order chi connectivity index (χ0) is 16.1. The van der Waals surface area contributed by atoms with Crippen molar-refractivity contribution < 1.29 is 19.1 Å². The summed E-state index contributed by atoms with van der Waals surface area (Å²) in [5.41, 5.74) is 0.720. The molecule has 1 aromatic carbocycles. The van der Waals surface area contributed by atoms with Gasteiger partial charge in [0.25, 0.3) is 0 Å². The van der Waals surface area contributed by atoms with Gasteiger partial charge in [-0.05, 0) is 24.6 Å². The van der Waals surface area contributed by atoms with Gasteiger partial charge in [0.1, 0.15) is 5.82 Å². The van der Waals surface area contributed by atoms with Gasteiger partial charge in [-0.3, -0.25) is 4.79 Å². The number of carboxylic acid groups (broad SMARTS) is 1. The van der Waals surface area contributed by atoms with Gasteiger partial charge in [-0.2, -0.15) is 0 Å². The molecule has 6 nitrogen and oxygen atoms in total. The number of amides is 2. The van der Waals surface area contributed by atoms with E-state index in [1.807, 2.05) is 4.90 Å². The zero-order valence-electron chi connectivity index (χ0n) is 11.8. The number of carbonyl (C=O) groups excluding carboxylic acids is 1. The van der Waals surface area contributed by atoms with E-state index in [9.17, 15) is 14.0 Å². The summed E-state index contributed by atoms with van der Waals surface area (Å²) in [5.74, 6) is -1.43. The second-order valence-corrected chi connectivity index (χ2v) is 5.48. The van der Waals surface area contributed by atoms with E-state index >= 15 is 0 Å². The Bertz CT molecular complexity index is 570. The van der Waals surface area contributed by atoms with Crippen molar-refractivity contribution in [3.63, 3.8) is 0 Å². The van der Waals surface area contributed by atoms with E-state index in [1.54, 1.807) is 6.07 Å². The third-order valence-electron chi connectivity index (χ3n) is 3.42. The van der Waals surface area contributed by atoms with Gasteiger partial charge < -0.3 is 20.6 Å². The molecule has 2 rings (SSSR count). The summed E-state index contributed by atoms with van der Waals surface area (Å²) in [6.07, 6.45) is 0.616. The molecular formula is C14H17ClFN3O3. The molecule has 1 unspecified atom stereocenters. The van der Waals surface area contributed by atoms with Gasteiger partial charge in [-0.1, -0.05) is 11.6 Å². The van der Waals surface area contributed by atoms with E-state index in [2.05, 4.69) is 10.6 Å². The first-order valence-corrected chi connectivity index (χ1v) is 7.29. The molecule has 0 aliphatic carbocycles. The van der Waals surface area contributed by atoms with Crippen molar-refractivity contribution in [1.82, 2.24) is 10.6 Å². The quantitative estimate of drug-likeness (QED) is 0.770. The number of anilines is 1. The fourth-order valence-corrected chi connectivity index (χ4v) is 2.43. The Hall–Kier alpha value is -2.02. The van der Waals surface area contributed by atoms with Gasteiger partial charge >= 0.3 is 12.0 Å². The molecule has 8 heteroatoms. The van der Waals surface area contributed by atoms with Crippen molar-refractivity contribution in [2.45, 2.75) is 18.9 Å². The number of hydrogen-bond acceptors (Lipinski definition) is 3. The molecule has 0 spiro atoms. The Morgan fingerprint density at radius 3 is 2.91 bits per heavy atom. The summed E-state index contributed by atoms with van der Waals surface area (Å²) >= 11 is 5.66. The topological polar surface area (TPSA) is 81.7 Å². The second-order valence-electron chi connectivity index (χ2n) is 5.07. The number of urea groups is 1. The first-order chi connectivity index (χ1) is 10.5. The highest BCUT2D eigenvalue weighted by Gasteiger charge is 2.24. The summed E-state index contributed by atoms with van der Waals surface area (Å²) in [4.78, 5) is 23.9. The van der Waals surface area contributed by atoms with Gasteiger partial charge in [0.05, 0.1) is 11.4 Å². The lowest BCUT2D eigenvalue weighted by atomic mass is 10.2. The number of aliphatic carboxylic acids is 1. The fraction of sp³-hybridized carbons (Fsp3) is 0.429. The molecule has 22 heavy (non-hydrogen) atoms. The molecular weight excluding hydrogens is 313 g/mol. The van der Waals surface area contributed by atoms with Crippen LogP contribution in [0.2, 0.25) is 5.02 Å². The molecule has 1 heterocycles. The third-order valence-corrected chi connectivity index (χ3v) is 3.72. The van der Waals surface area contributed by atoms with E-state index in [1.165, 1.54) is 12.1 Å². The molecule has 0 aromatic heterocycles. The molecule has 0 radical (unpaired) electrons. The van der Waals surface area contributed by atoms with E-state index in [0.717, 1.165) is 12.1 Å². The molecule has 2 amide bonds. The Balaban J connectivity index is 1.81. The van der Waals surface area contributed by atoms with Gasteiger partial charge in [-0.25, -0.2) is 9.18 Å². The summed E-state index contributed by atoms with van der Waals surface area (Å²) < 4.78 is 13.5. The van der Waals surface area contributed by atoms with E-state index in [4.69, 9.17) is 16.7 Å². The maximum absolute atomic E-state index is 13.5. The van der Waals surface area contributed by atoms with Crippen LogP contribution >= 0.6 is 11.6 Å². The predicted octanol–water partition coefficient (Wildman–Crippen LogP) is 1.83. The molecule has 120 valence electrons. The highest BCUT2D eigenvalue weighted by Crippen LogP contribution is 2.24. The van der Waals surface area contributed by atoms with Crippen molar-refractivity contribution >= 4 is 29.3 Å². The molecule has 3 N–H and O–H groups in total. The van der Waals surface area contributed by atoms with Crippen LogP contribution in [0.1, 0.15) is 12.8 Å². The maximum Gasteiger partial charge on any atom is 0.315 e. The molecule has 1 aliphatic heterocycles. The average molecular weight is 330 g/mol. The van der Waals surface area contributed by atoms with Gasteiger partial charge in [-0.15, -0.1) is 0 Å². The highest BCUT2D eigenvalue weighted by atomic mass is 35.5. The van der Waals surface area contributed by atoms with Crippen LogP contribution in [0.3, 0.4) is 0 Å². The predicted molar refractivity (Wildman–Crippen MR) is 80.8 cm³/mol. The van der Waals surface area contributed by atoms with E-state index < -0.39 is 17.8 Å². The standard InChI is InChI=1S/C14H17ClFN3O3/c15-11-2-1-10(7-12(11)16)19-6-4-9(8-19)18-14(22)17-5-3-13(20)21/h1-2,7,9H,3-6,8H2,(H,20,21)(H2,17,18,22). The minimum Gasteiger partial charge on any atom is -0.481 e. The molecule has 1 fully saturated rings. The summed E-state index contributed by atoms with van der Waals surface area (Å²) in [5, 5.41) is 13.8. The zero-order valence-corrected chi connectivity index (χ0v) is 12.6. The number of carboxylic acids is 1. The summed E-state index contributed by atoms with van der Waals surface area (Å²) in [6.45, 7) is 1.34. The monoisotopic (exact) mass is 329 g/mol. The number of rotatable bonds is 5. The van der Waals surface area contributed by atoms with E-state index in [0.29, 0.717) is 13.1 Å². The number of carbonyl (C=O) groups is 2. The van der Waals surface area contributed by atoms with Gasteiger partial charge in [0, 0.05) is 31.4 Å². The Kier molecular flexibility index (Phi) is 5.43. The van der Waals surface area contributed by atoms with Crippen LogP contribution in [0.15, 0.2) is 18.2 Å². The minimum absolute atomic E-state index is 0.0661. The first kappa shape index (κ1) is 16.4. The number of benzene rings is 1. The van der Waals surface area contributed by atoms with Crippen molar-refractivity contribution in [2.24, 2.45) is 0 Å². The smallest absolute Gasteiger partial charge is 0.315 e. The van der Waals surface area contributed by atoms with Gasteiger partial charge in [0.2, 0.25) is 0 Å².